The lowest BCUT2D eigenvalue weighted by Crippen LogP contribution is -2.43. The number of hydrogen-bond donors (Lipinski definition) is 1. The second-order valence-electron chi connectivity index (χ2n) is 8.97. The van der Waals surface area contributed by atoms with E-state index in [9.17, 15) is 14.4 Å². The third-order valence-corrected chi connectivity index (χ3v) is 5.32. The Labute approximate surface area is 190 Å². The highest BCUT2D eigenvalue weighted by atomic mass is 16.2. The molecule has 2 atom stereocenters. The quantitative estimate of drug-likeness (QED) is 0.377. The first-order valence-corrected chi connectivity index (χ1v) is 11.7. The fourth-order valence-electron chi connectivity index (χ4n) is 3.30. The minimum atomic E-state index is -0.183. The molecule has 0 radical (unpaired) electrons. The Balaban J connectivity index is 0.000000739. The van der Waals surface area contributed by atoms with E-state index in [1.54, 1.807) is 23.8 Å². The van der Waals surface area contributed by atoms with Crippen molar-refractivity contribution in [2.75, 3.05) is 40.3 Å². The number of carbonyl (C=O) groups excluding carboxylic acids is 3. The molecule has 7 nitrogen and oxygen atoms in total. The largest absolute Gasteiger partial charge is 0.350 e. The summed E-state index contributed by atoms with van der Waals surface area (Å²) in [5.41, 5.74) is 0.654. The van der Waals surface area contributed by atoms with Crippen molar-refractivity contribution in [1.82, 2.24) is 20.0 Å². The summed E-state index contributed by atoms with van der Waals surface area (Å²) in [6.45, 7) is 15.4. The van der Waals surface area contributed by atoms with E-state index in [4.69, 9.17) is 0 Å². The maximum absolute atomic E-state index is 12.1. The first kappa shape index (κ1) is 29.1. The van der Waals surface area contributed by atoms with E-state index in [1.807, 2.05) is 26.8 Å². The molecule has 2 saturated heterocycles. The molecule has 0 aromatic rings. The van der Waals surface area contributed by atoms with Gasteiger partial charge in [0.1, 0.15) is 0 Å². The number of likely N-dealkylation sites (N-methyl/N-ethyl adjacent to an activating group) is 1. The van der Waals surface area contributed by atoms with Crippen molar-refractivity contribution in [2.45, 2.75) is 79.3 Å². The fraction of sp³-hybridized carbons (Fsp3) is 0.792. The van der Waals surface area contributed by atoms with Crippen molar-refractivity contribution >= 4 is 18.2 Å². The number of hydrogen-bond acceptors (Lipinski definition) is 4. The molecule has 0 spiro atoms. The highest BCUT2D eigenvalue weighted by Gasteiger charge is 2.35. The van der Waals surface area contributed by atoms with Crippen LogP contribution in [0.1, 0.15) is 67.2 Å². The van der Waals surface area contributed by atoms with Gasteiger partial charge in [0, 0.05) is 25.2 Å². The second-order valence-corrected chi connectivity index (χ2v) is 8.97. The topological polar surface area (TPSA) is 72.7 Å². The predicted octanol–water partition coefficient (Wildman–Crippen LogP) is 2.91. The van der Waals surface area contributed by atoms with Gasteiger partial charge in [-0.3, -0.25) is 14.4 Å². The molecule has 2 heterocycles. The van der Waals surface area contributed by atoms with Gasteiger partial charge in [-0.2, -0.15) is 0 Å². The summed E-state index contributed by atoms with van der Waals surface area (Å²) in [7, 11) is 3.88. The van der Waals surface area contributed by atoms with E-state index >= 15 is 0 Å². The Kier molecular flexibility index (Phi) is 14.9. The van der Waals surface area contributed by atoms with Gasteiger partial charge in [-0.25, -0.2) is 0 Å². The molecular weight excluding hydrogens is 392 g/mol. The standard InChI is InChI=1S/C15H25N3O3.C6H13N.C3H8/c1-10(2)13(17(5)14(20)7-16-9-19)6-11(3)15(21)18-8-12(18)4;1-7-5-3-2-4-6-7;1-3-2/h6,9-10,12-13H,7-8H2,1-5H3,(H,16,19);2-6H2,1H3;3H2,1-2H3/b11-6+;;/t12?,13-,18?;;/m1../s1. The number of rotatable bonds is 7. The summed E-state index contributed by atoms with van der Waals surface area (Å²) < 4.78 is 0. The molecule has 2 rings (SSSR count). The SMILES string of the molecule is C/C(=C\[C@H](C(C)C)N(C)C(=O)CNC=O)C(=O)N1CC1C.CCC.CN1CCCCC1. The molecule has 7 heteroatoms. The maximum Gasteiger partial charge on any atom is 0.249 e. The Morgan fingerprint density at radius 2 is 1.68 bits per heavy atom. The first-order chi connectivity index (χ1) is 14.6. The van der Waals surface area contributed by atoms with Gasteiger partial charge in [0.25, 0.3) is 0 Å². The van der Waals surface area contributed by atoms with Crippen LogP contribution in [0.25, 0.3) is 0 Å². The van der Waals surface area contributed by atoms with Crippen molar-refractivity contribution < 1.29 is 14.4 Å². The first-order valence-electron chi connectivity index (χ1n) is 11.7. The summed E-state index contributed by atoms with van der Waals surface area (Å²) in [6.07, 6.45) is 7.87. The molecule has 2 aliphatic rings. The predicted molar refractivity (Wildman–Crippen MR) is 128 cm³/mol. The zero-order valence-corrected chi connectivity index (χ0v) is 21.1. The van der Waals surface area contributed by atoms with Gasteiger partial charge in [-0.1, -0.05) is 46.6 Å². The van der Waals surface area contributed by atoms with Crippen molar-refractivity contribution in [1.29, 1.82) is 0 Å². The lowest BCUT2D eigenvalue weighted by molar-refractivity contribution is -0.132. The molecule has 0 bridgehead atoms. The van der Waals surface area contributed by atoms with Crippen molar-refractivity contribution in [3.8, 4) is 0 Å². The van der Waals surface area contributed by atoms with Crippen LogP contribution in [0.4, 0.5) is 0 Å². The average Bonchev–Trinajstić information content (AvgIpc) is 3.46. The molecule has 0 aromatic carbocycles. The number of nitrogens with one attached hydrogen (secondary N) is 1. The maximum atomic E-state index is 12.1. The summed E-state index contributed by atoms with van der Waals surface area (Å²) in [6, 6.07) is 0.139. The number of carbonyl (C=O) groups is 3. The van der Waals surface area contributed by atoms with Crippen LogP contribution in [-0.2, 0) is 14.4 Å². The lowest BCUT2D eigenvalue weighted by Gasteiger charge is -2.29. The van der Waals surface area contributed by atoms with Crippen molar-refractivity contribution in [3.63, 3.8) is 0 Å². The van der Waals surface area contributed by atoms with Crippen LogP contribution in [-0.4, -0.2) is 85.3 Å². The summed E-state index contributed by atoms with van der Waals surface area (Å²) >= 11 is 0. The Hall–Kier alpha value is -1.89. The van der Waals surface area contributed by atoms with Crippen LogP contribution in [0.3, 0.4) is 0 Å². The Morgan fingerprint density at radius 3 is 2.03 bits per heavy atom. The van der Waals surface area contributed by atoms with E-state index in [-0.39, 0.29) is 30.3 Å². The molecular formula is C24H46N4O3. The average molecular weight is 439 g/mol. The molecule has 0 aromatic heterocycles. The lowest BCUT2D eigenvalue weighted by atomic mass is 10.00. The van der Waals surface area contributed by atoms with Gasteiger partial charge in [0.15, 0.2) is 0 Å². The number of amides is 3. The van der Waals surface area contributed by atoms with E-state index in [0.717, 1.165) is 6.54 Å². The number of nitrogens with zero attached hydrogens (tertiary/aromatic N) is 3. The molecule has 0 aliphatic carbocycles. The molecule has 1 unspecified atom stereocenters. The third kappa shape index (κ3) is 11.9. The van der Waals surface area contributed by atoms with Gasteiger partial charge in [0.2, 0.25) is 18.2 Å². The fourth-order valence-corrected chi connectivity index (χ4v) is 3.30. The van der Waals surface area contributed by atoms with Gasteiger partial charge in [-0.05, 0) is 52.7 Å². The van der Waals surface area contributed by atoms with Gasteiger partial charge in [-0.15, -0.1) is 0 Å². The number of likely N-dealkylation sites (tertiary alicyclic amines) is 1. The third-order valence-electron chi connectivity index (χ3n) is 5.32. The molecule has 1 N–H and O–H groups in total. The van der Waals surface area contributed by atoms with E-state index < -0.39 is 0 Å². The van der Waals surface area contributed by atoms with Gasteiger partial charge >= 0.3 is 0 Å². The van der Waals surface area contributed by atoms with E-state index in [1.165, 1.54) is 38.8 Å². The molecule has 2 fully saturated rings. The Bertz CT molecular complexity index is 571. The summed E-state index contributed by atoms with van der Waals surface area (Å²) in [4.78, 5) is 40.1. The molecule has 2 aliphatic heterocycles. The monoisotopic (exact) mass is 438 g/mol. The number of piperidine rings is 1. The molecule has 31 heavy (non-hydrogen) atoms. The van der Waals surface area contributed by atoms with E-state index in [2.05, 4.69) is 31.1 Å². The Morgan fingerprint density at radius 1 is 1.16 bits per heavy atom. The van der Waals surface area contributed by atoms with Gasteiger partial charge in [0.05, 0.1) is 12.6 Å². The zero-order valence-electron chi connectivity index (χ0n) is 21.1. The normalized spacial score (nSPS) is 19.3. The highest BCUT2D eigenvalue weighted by molar-refractivity contribution is 5.94. The van der Waals surface area contributed by atoms with Gasteiger partial charge < -0.3 is 20.0 Å². The highest BCUT2D eigenvalue weighted by Crippen LogP contribution is 2.21. The smallest absolute Gasteiger partial charge is 0.249 e. The van der Waals surface area contributed by atoms with Crippen LogP contribution in [0.5, 0.6) is 0 Å². The van der Waals surface area contributed by atoms with Crippen LogP contribution in [0, 0.1) is 5.92 Å². The van der Waals surface area contributed by atoms with Crippen LogP contribution in [0.2, 0.25) is 0 Å². The molecule has 0 saturated carbocycles. The van der Waals surface area contributed by atoms with Crippen LogP contribution >= 0.6 is 0 Å². The molecule has 180 valence electrons. The summed E-state index contributed by atoms with van der Waals surface area (Å²) in [5.74, 6) is 0.0157. The van der Waals surface area contributed by atoms with E-state index in [0.29, 0.717) is 18.0 Å². The second kappa shape index (κ2) is 15.8. The summed E-state index contributed by atoms with van der Waals surface area (Å²) in [5, 5.41) is 2.37. The molecule has 3 amide bonds. The van der Waals surface area contributed by atoms with Crippen LogP contribution in [0.15, 0.2) is 11.6 Å². The minimum Gasteiger partial charge on any atom is -0.350 e. The van der Waals surface area contributed by atoms with Crippen molar-refractivity contribution in [2.24, 2.45) is 5.92 Å². The zero-order chi connectivity index (χ0) is 24.0. The van der Waals surface area contributed by atoms with Crippen molar-refractivity contribution in [3.05, 3.63) is 11.6 Å². The minimum absolute atomic E-state index is 0.0278. The van der Waals surface area contributed by atoms with Crippen LogP contribution < -0.4 is 5.32 Å².